The first-order chi connectivity index (χ1) is 11.5. The van der Waals surface area contributed by atoms with Crippen LogP contribution >= 0.6 is 0 Å². The molecule has 0 atom stereocenters. The summed E-state index contributed by atoms with van der Waals surface area (Å²) in [5, 5.41) is 19.5. The van der Waals surface area contributed by atoms with Gasteiger partial charge in [0.15, 0.2) is 0 Å². The van der Waals surface area contributed by atoms with Crippen LogP contribution in [-0.4, -0.2) is 41.4 Å². The van der Waals surface area contributed by atoms with E-state index in [2.05, 4.69) is 9.97 Å². The van der Waals surface area contributed by atoms with Crippen molar-refractivity contribution in [3.8, 4) is 22.9 Å². The van der Waals surface area contributed by atoms with Crippen molar-refractivity contribution in [3.05, 3.63) is 46.8 Å². The number of methoxy groups -OCH3 is 2. The van der Waals surface area contributed by atoms with E-state index in [1.807, 2.05) is 0 Å². The molecule has 1 heterocycles. The van der Waals surface area contributed by atoms with Crippen LogP contribution in [0.15, 0.2) is 41.2 Å². The lowest BCUT2D eigenvalue weighted by atomic mass is 9.78. The maximum atomic E-state index is 12.2. The summed E-state index contributed by atoms with van der Waals surface area (Å²) in [6.45, 7) is 0. The molecule has 3 aromatic rings. The van der Waals surface area contributed by atoms with Crippen molar-refractivity contribution in [2.24, 2.45) is 0 Å². The number of ether oxygens (including phenoxy) is 2. The van der Waals surface area contributed by atoms with Gasteiger partial charge >= 0.3 is 7.12 Å². The third-order valence-corrected chi connectivity index (χ3v) is 3.69. The molecule has 122 valence electrons. The molecule has 0 saturated heterocycles. The van der Waals surface area contributed by atoms with Crippen molar-refractivity contribution in [1.82, 2.24) is 9.97 Å². The van der Waals surface area contributed by atoms with Gasteiger partial charge in [-0.25, -0.2) is 4.98 Å². The van der Waals surface area contributed by atoms with Gasteiger partial charge in [-0.15, -0.1) is 0 Å². The number of nitrogens with one attached hydrogen (secondary N) is 1. The van der Waals surface area contributed by atoms with Crippen LogP contribution in [0.25, 0.3) is 22.3 Å². The molecule has 0 spiro atoms. The highest BCUT2D eigenvalue weighted by atomic mass is 16.5. The molecule has 0 aliphatic rings. The molecular weight excluding hydrogens is 311 g/mol. The predicted molar refractivity (Wildman–Crippen MR) is 90.7 cm³/mol. The summed E-state index contributed by atoms with van der Waals surface area (Å²) in [6, 6.07) is 10.1. The Labute approximate surface area is 137 Å². The SMILES string of the molecule is COc1cc(-c2nc3ccccc3c(=O)[nH]2)cc(OC)c1B(O)O. The van der Waals surface area contributed by atoms with Crippen LogP contribution in [0.5, 0.6) is 11.5 Å². The Kier molecular flexibility index (Phi) is 4.24. The van der Waals surface area contributed by atoms with Gasteiger partial charge in [0, 0.05) is 5.56 Å². The zero-order chi connectivity index (χ0) is 17.3. The normalized spacial score (nSPS) is 10.7. The summed E-state index contributed by atoms with van der Waals surface area (Å²) in [5.74, 6) is 0.764. The predicted octanol–water partition coefficient (Wildman–Crippen LogP) is 0.287. The Balaban J connectivity index is 2.25. The van der Waals surface area contributed by atoms with E-state index in [1.54, 1.807) is 36.4 Å². The van der Waals surface area contributed by atoms with Gasteiger partial charge in [-0.05, 0) is 24.3 Å². The standard InChI is InChI=1S/C16H15BN2O5/c1-23-12-7-9(8-13(24-2)14(12)17(21)22)15-18-11-6-4-3-5-10(11)16(20)19-15/h3-8,21-22H,1-2H3,(H,18,19,20). The number of hydrogen-bond acceptors (Lipinski definition) is 6. The lowest BCUT2D eigenvalue weighted by Crippen LogP contribution is -2.32. The van der Waals surface area contributed by atoms with Crippen molar-refractivity contribution in [2.75, 3.05) is 14.2 Å². The number of hydrogen-bond donors (Lipinski definition) is 3. The van der Waals surface area contributed by atoms with Gasteiger partial charge in [-0.1, -0.05) is 12.1 Å². The first-order valence-electron chi connectivity index (χ1n) is 7.16. The molecule has 2 aromatic carbocycles. The van der Waals surface area contributed by atoms with E-state index in [0.29, 0.717) is 22.3 Å². The third kappa shape index (κ3) is 2.73. The summed E-state index contributed by atoms with van der Waals surface area (Å²) >= 11 is 0. The van der Waals surface area contributed by atoms with E-state index < -0.39 is 7.12 Å². The molecular formula is C16H15BN2O5. The molecule has 3 N–H and O–H groups in total. The van der Waals surface area contributed by atoms with E-state index >= 15 is 0 Å². The summed E-state index contributed by atoms with van der Waals surface area (Å²) in [6.07, 6.45) is 0. The summed E-state index contributed by atoms with van der Waals surface area (Å²) < 4.78 is 10.4. The molecule has 8 heteroatoms. The first kappa shape index (κ1) is 16.0. The van der Waals surface area contributed by atoms with Crippen LogP contribution in [0.3, 0.4) is 0 Å². The zero-order valence-corrected chi connectivity index (χ0v) is 13.1. The van der Waals surface area contributed by atoms with Gasteiger partial charge in [0.1, 0.15) is 17.3 Å². The Morgan fingerprint density at radius 2 is 1.71 bits per heavy atom. The van der Waals surface area contributed by atoms with Crippen LogP contribution in [0, 0.1) is 0 Å². The third-order valence-electron chi connectivity index (χ3n) is 3.69. The van der Waals surface area contributed by atoms with E-state index in [9.17, 15) is 14.8 Å². The first-order valence-corrected chi connectivity index (χ1v) is 7.16. The smallest absolute Gasteiger partial charge is 0.496 e. The van der Waals surface area contributed by atoms with Crippen molar-refractivity contribution in [3.63, 3.8) is 0 Å². The zero-order valence-electron chi connectivity index (χ0n) is 13.1. The second kappa shape index (κ2) is 6.35. The highest BCUT2D eigenvalue weighted by Gasteiger charge is 2.24. The lowest BCUT2D eigenvalue weighted by molar-refractivity contribution is 0.385. The van der Waals surface area contributed by atoms with Gasteiger partial charge in [-0.3, -0.25) is 4.79 Å². The fraction of sp³-hybridized carbons (Fsp3) is 0.125. The van der Waals surface area contributed by atoms with Gasteiger partial charge in [0.05, 0.1) is 30.6 Å². The Bertz CT molecular complexity index is 930. The molecule has 0 aliphatic carbocycles. The molecule has 0 unspecified atom stereocenters. The molecule has 7 nitrogen and oxygen atoms in total. The van der Waals surface area contributed by atoms with Gasteiger partial charge in [-0.2, -0.15) is 0 Å². The summed E-state index contributed by atoms with van der Waals surface area (Å²) in [4.78, 5) is 19.4. The Hall–Kier alpha value is -2.84. The molecule has 0 aliphatic heterocycles. The molecule has 3 rings (SSSR count). The van der Waals surface area contributed by atoms with Crippen LogP contribution < -0.4 is 20.5 Å². The minimum absolute atomic E-state index is 0.104. The van der Waals surface area contributed by atoms with Crippen LogP contribution in [-0.2, 0) is 0 Å². The van der Waals surface area contributed by atoms with Crippen LogP contribution in [0.2, 0.25) is 0 Å². The summed E-state index contributed by atoms with van der Waals surface area (Å²) in [7, 11) is 1.05. The average Bonchev–Trinajstić information content (AvgIpc) is 2.60. The molecule has 0 saturated carbocycles. The molecule has 0 bridgehead atoms. The number of benzene rings is 2. The minimum Gasteiger partial charge on any atom is -0.497 e. The van der Waals surface area contributed by atoms with E-state index in [1.165, 1.54) is 14.2 Å². The van der Waals surface area contributed by atoms with Gasteiger partial charge in [0.25, 0.3) is 5.56 Å². The number of aromatic nitrogens is 2. The molecule has 1 aromatic heterocycles. The highest BCUT2D eigenvalue weighted by molar-refractivity contribution is 6.61. The van der Waals surface area contributed by atoms with Crippen molar-refractivity contribution in [2.45, 2.75) is 0 Å². The van der Waals surface area contributed by atoms with E-state index in [-0.39, 0.29) is 22.5 Å². The second-order valence-corrected chi connectivity index (χ2v) is 5.10. The quantitative estimate of drug-likeness (QED) is 0.595. The molecule has 0 fully saturated rings. The number of H-pyrrole nitrogens is 1. The lowest BCUT2D eigenvalue weighted by Gasteiger charge is -2.14. The van der Waals surface area contributed by atoms with E-state index in [4.69, 9.17) is 9.47 Å². The number of aromatic amines is 1. The van der Waals surface area contributed by atoms with Crippen molar-refractivity contribution < 1.29 is 19.5 Å². The van der Waals surface area contributed by atoms with Gasteiger partial charge in [0.2, 0.25) is 0 Å². The number of fused-ring (bicyclic) bond motifs is 1. The molecule has 0 radical (unpaired) electrons. The second-order valence-electron chi connectivity index (χ2n) is 5.10. The Morgan fingerprint density at radius 1 is 1.08 bits per heavy atom. The fourth-order valence-electron chi connectivity index (χ4n) is 2.55. The topological polar surface area (TPSA) is 105 Å². The number of para-hydroxylation sites is 1. The average molecular weight is 326 g/mol. The maximum absolute atomic E-state index is 12.2. The molecule has 0 amide bonds. The Morgan fingerprint density at radius 3 is 2.29 bits per heavy atom. The van der Waals surface area contributed by atoms with E-state index in [0.717, 1.165) is 0 Å². The van der Waals surface area contributed by atoms with Crippen LogP contribution in [0.1, 0.15) is 0 Å². The largest absolute Gasteiger partial charge is 0.497 e. The fourth-order valence-corrected chi connectivity index (χ4v) is 2.55. The number of rotatable bonds is 4. The minimum atomic E-state index is -1.76. The highest BCUT2D eigenvalue weighted by Crippen LogP contribution is 2.26. The monoisotopic (exact) mass is 326 g/mol. The molecule has 24 heavy (non-hydrogen) atoms. The summed E-state index contributed by atoms with van der Waals surface area (Å²) in [5.41, 5.74) is 0.920. The van der Waals surface area contributed by atoms with Gasteiger partial charge < -0.3 is 24.5 Å². The van der Waals surface area contributed by atoms with Crippen molar-refractivity contribution in [1.29, 1.82) is 0 Å². The van der Waals surface area contributed by atoms with Crippen LogP contribution in [0.4, 0.5) is 0 Å². The number of nitrogens with zero attached hydrogens (tertiary/aromatic N) is 1. The maximum Gasteiger partial charge on any atom is 0.496 e. The van der Waals surface area contributed by atoms with Crippen molar-refractivity contribution >= 4 is 23.5 Å².